The number of hydrogen-bond acceptors (Lipinski definition) is 7. The molecule has 2 aromatic carbocycles. The van der Waals surface area contributed by atoms with Crippen LogP contribution in [-0.4, -0.2) is 20.9 Å². The van der Waals surface area contributed by atoms with Gasteiger partial charge in [-0.15, -0.1) is 0 Å². The summed E-state index contributed by atoms with van der Waals surface area (Å²) >= 11 is 5.02. The lowest BCUT2D eigenvalue weighted by Crippen LogP contribution is -2.34. The van der Waals surface area contributed by atoms with E-state index in [0.717, 1.165) is 0 Å². The fraction of sp³-hybridized carbons (Fsp3) is 0. The minimum Gasteiger partial charge on any atom is -0.451 e. The van der Waals surface area contributed by atoms with Crippen LogP contribution in [0.25, 0.3) is 11.3 Å². The minimum atomic E-state index is -0.717. The van der Waals surface area contributed by atoms with E-state index in [0.29, 0.717) is 0 Å². The van der Waals surface area contributed by atoms with Gasteiger partial charge in [-0.3, -0.25) is 30.3 Å². The summed E-state index contributed by atoms with van der Waals surface area (Å²) in [6.45, 7) is 0. The average molecular weight is 412 g/mol. The predicted molar refractivity (Wildman–Crippen MR) is 108 cm³/mol. The van der Waals surface area contributed by atoms with Gasteiger partial charge in [-0.05, 0) is 36.5 Å². The Hall–Kier alpha value is -4.12. The highest BCUT2D eigenvalue weighted by atomic mass is 32.1. The number of nitro groups is 2. The van der Waals surface area contributed by atoms with E-state index in [-0.39, 0.29) is 39.3 Å². The van der Waals surface area contributed by atoms with Crippen molar-refractivity contribution in [2.75, 3.05) is 5.32 Å². The zero-order valence-electron chi connectivity index (χ0n) is 14.5. The number of nitro benzene ring substituents is 2. The van der Waals surface area contributed by atoms with Gasteiger partial charge in [0.1, 0.15) is 11.4 Å². The summed E-state index contributed by atoms with van der Waals surface area (Å²) in [4.78, 5) is 33.4. The number of amides is 1. The quantitative estimate of drug-likeness (QED) is 0.365. The normalized spacial score (nSPS) is 10.2. The Balaban J connectivity index is 1.74. The molecule has 0 spiro atoms. The number of furan rings is 1. The van der Waals surface area contributed by atoms with E-state index in [1.807, 2.05) is 0 Å². The van der Waals surface area contributed by atoms with Crippen LogP contribution in [0.5, 0.6) is 0 Å². The number of nitrogens with zero attached hydrogens (tertiary/aromatic N) is 2. The van der Waals surface area contributed by atoms with Gasteiger partial charge in [-0.1, -0.05) is 24.3 Å². The molecule has 0 aliphatic heterocycles. The molecule has 146 valence electrons. The molecule has 0 bridgehead atoms. The third-order valence-corrected chi connectivity index (χ3v) is 3.98. The summed E-state index contributed by atoms with van der Waals surface area (Å²) < 4.78 is 5.42. The first-order valence-electron chi connectivity index (χ1n) is 8.06. The van der Waals surface area contributed by atoms with Crippen LogP contribution in [0.4, 0.5) is 17.1 Å². The Morgan fingerprint density at radius 1 is 0.897 bits per heavy atom. The van der Waals surface area contributed by atoms with Crippen molar-refractivity contribution >= 4 is 40.3 Å². The maximum atomic E-state index is 12.3. The second-order valence-corrected chi connectivity index (χ2v) is 6.03. The van der Waals surface area contributed by atoms with Gasteiger partial charge in [0.15, 0.2) is 10.9 Å². The molecule has 0 radical (unpaired) electrons. The standard InChI is InChI=1S/C18H12N4O6S/c23-17(20-18(29)19-12-6-2-4-8-14(12)22(26)27)16-10-9-15(28-16)11-5-1-3-7-13(11)21(24)25/h1-10H,(H2,19,20,23,29). The molecule has 3 rings (SSSR count). The van der Waals surface area contributed by atoms with Crippen LogP contribution in [0, 0.1) is 20.2 Å². The van der Waals surface area contributed by atoms with Gasteiger partial charge in [0.2, 0.25) is 0 Å². The molecule has 3 aromatic rings. The summed E-state index contributed by atoms with van der Waals surface area (Å²) in [5.41, 5.74) is -0.0387. The van der Waals surface area contributed by atoms with E-state index in [9.17, 15) is 25.0 Å². The van der Waals surface area contributed by atoms with Crippen LogP contribution in [0.15, 0.2) is 65.1 Å². The molecular formula is C18H12N4O6S. The summed E-state index contributed by atoms with van der Waals surface area (Å²) in [7, 11) is 0. The van der Waals surface area contributed by atoms with Gasteiger partial charge in [0.25, 0.3) is 17.3 Å². The van der Waals surface area contributed by atoms with Crippen molar-refractivity contribution in [3.63, 3.8) is 0 Å². The zero-order valence-corrected chi connectivity index (χ0v) is 15.3. The number of rotatable bonds is 5. The molecule has 2 N–H and O–H groups in total. The highest BCUT2D eigenvalue weighted by molar-refractivity contribution is 7.80. The first-order valence-corrected chi connectivity index (χ1v) is 8.47. The van der Waals surface area contributed by atoms with Crippen LogP contribution in [-0.2, 0) is 0 Å². The second-order valence-electron chi connectivity index (χ2n) is 5.62. The Morgan fingerprint density at radius 3 is 2.21 bits per heavy atom. The van der Waals surface area contributed by atoms with Crippen LogP contribution in [0.2, 0.25) is 0 Å². The molecule has 0 saturated heterocycles. The van der Waals surface area contributed by atoms with Crippen molar-refractivity contribution in [3.05, 3.63) is 86.7 Å². The van der Waals surface area contributed by atoms with Crippen LogP contribution in [0.1, 0.15) is 10.6 Å². The number of benzene rings is 2. The number of anilines is 1. The highest BCUT2D eigenvalue weighted by Crippen LogP contribution is 2.30. The minimum absolute atomic E-state index is 0.114. The van der Waals surface area contributed by atoms with Gasteiger partial charge in [0, 0.05) is 12.1 Å². The summed E-state index contributed by atoms with van der Waals surface area (Å²) in [6.07, 6.45) is 0. The Kier molecular flexibility index (Phi) is 5.60. The van der Waals surface area contributed by atoms with Gasteiger partial charge in [-0.25, -0.2) is 0 Å². The van der Waals surface area contributed by atoms with Gasteiger partial charge >= 0.3 is 0 Å². The Bertz CT molecular complexity index is 1130. The Labute approximate surface area is 168 Å². The van der Waals surface area contributed by atoms with Crippen molar-refractivity contribution in [1.29, 1.82) is 0 Å². The monoisotopic (exact) mass is 412 g/mol. The predicted octanol–water partition coefficient (Wildman–Crippen LogP) is 3.89. The van der Waals surface area contributed by atoms with Crippen molar-refractivity contribution in [3.8, 4) is 11.3 Å². The molecular weight excluding hydrogens is 400 g/mol. The first kappa shape index (κ1) is 19.6. The van der Waals surface area contributed by atoms with E-state index in [2.05, 4.69) is 10.6 Å². The fourth-order valence-corrected chi connectivity index (χ4v) is 2.71. The van der Waals surface area contributed by atoms with E-state index in [4.69, 9.17) is 16.6 Å². The van der Waals surface area contributed by atoms with Crippen molar-refractivity contribution in [2.24, 2.45) is 0 Å². The summed E-state index contributed by atoms with van der Waals surface area (Å²) in [6, 6.07) is 14.5. The average Bonchev–Trinajstić information content (AvgIpc) is 3.18. The summed E-state index contributed by atoms with van der Waals surface area (Å²) in [5.74, 6) is -0.712. The third-order valence-electron chi connectivity index (χ3n) is 3.77. The Morgan fingerprint density at radius 2 is 1.52 bits per heavy atom. The first-order chi connectivity index (χ1) is 13.9. The van der Waals surface area contributed by atoms with Crippen LogP contribution in [0.3, 0.4) is 0 Å². The molecule has 0 unspecified atom stereocenters. The number of thiocarbonyl (C=S) groups is 1. The van der Waals surface area contributed by atoms with Crippen molar-refractivity contribution in [1.82, 2.24) is 5.32 Å². The molecule has 1 heterocycles. The van der Waals surface area contributed by atoms with Crippen molar-refractivity contribution in [2.45, 2.75) is 0 Å². The van der Waals surface area contributed by atoms with Gasteiger partial charge in [-0.2, -0.15) is 0 Å². The van der Waals surface area contributed by atoms with Crippen LogP contribution >= 0.6 is 12.2 Å². The van der Waals surface area contributed by atoms with E-state index in [1.54, 1.807) is 12.1 Å². The molecule has 0 fully saturated rings. The molecule has 10 nitrogen and oxygen atoms in total. The van der Waals surface area contributed by atoms with E-state index >= 15 is 0 Å². The van der Waals surface area contributed by atoms with Crippen LogP contribution < -0.4 is 10.6 Å². The molecule has 0 aliphatic carbocycles. The van der Waals surface area contributed by atoms with E-state index < -0.39 is 15.8 Å². The largest absolute Gasteiger partial charge is 0.451 e. The molecule has 1 aromatic heterocycles. The molecule has 0 saturated carbocycles. The summed E-state index contributed by atoms with van der Waals surface area (Å²) in [5, 5.41) is 26.9. The maximum absolute atomic E-state index is 12.3. The lowest BCUT2D eigenvalue weighted by atomic mass is 10.1. The third kappa shape index (κ3) is 4.42. The SMILES string of the molecule is O=C(NC(=S)Nc1ccccc1[N+](=O)[O-])c1ccc(-c2ccccc2[N+](=O)[O-])o1. The maximum Gasteiger partial charge on any atom is 0.293 e. The number of carbonyl (C=O) groups excluding carboxylic acids is 1. The number of hydrogen-bond donors (Lipinski definition) is 2. The molecule has 1 amide bonds. The molecule has 11 heteroatoms. The lowest BCUT2D eigenvalue weighted by molar-refractivity contribution is -0.384. The molecule has 29 heavy (non-hydrogen) atoms. The number of para-hydroxylation sites is 3. The van der Waals surface area contributed by atoms with Crippen molar-refractivity contribution < 1.29 is 19.1 Å². The molecule has 0 atom stereocenters. The highest BCUT2D eigenvalue weighted by Gasteiger charge is 2.20. The number of nitrogens with one attached hydrogen (secondary N) is 2. The van der Waals surface area contributed by atoms with Gasteiger partial charge < -0.3 is 9.73 Å². The second kappa shape index (κ2) is 8.27. The lowest BCUT2D eigenvalue weighted by Gasteiger charge is -2.08. The number of carbonyl (C=O) groups is 1. The zero-order chi connectivity index (χ0) is 21.0. The molecule has 0 aliphatic rings. The fourth-order valence-electron chi connectivity index (χ4n) is 2.50. The topological polar surface area (TPSA) is 141 Å². The smallest absolute Gasteiger partial charge is 0.293 e. The van der Waals surface area contributed by atoms with E-state index in [1.165, 1.54) is 48.5 Å². The van der Waals surface area contributed by atoms with Gasteiger partial charge in [0.05, 0.1) is 15.4 Å².